The molecule has 0 fully saturated rings. The number of fused-ring (bicyclic) bond motifs is 2. The normalized spacial score (nSPS) is 12.9. The third-order valence-electron chi connectivity index (χ3n) is 7.74. The van der Waals surface area contributed by atoms with Crippen molar-refractivity contribution in [2.45, 2.75) is 30.7 Å². The van der Waals surface area contributed by atoms with Crippen LogP contribution in [-0.4, -0.2) is 26.9 Å². The molecule has 7 nitrogen and oxygen atoms in total. The highest BCUT2D eigenvalue weighted by molar-refractivity contribution is 7.90. The fraction of sp³-hybridized carbons (Fsp3) is 0.143. The Morgan fingerprint density at radius 3 is 2.36 bits per heavy atom. The minimum absolute atomic E-state index is 0.00900. The number of amides is 3. The van der Waals surface area contributed by atoms with Gasteiger partial charge in [0.05, 0.1) is 11.4 Å². The second-order valence-electron chi connectivity index (χ2n) is 10.7. The fourth-order valence-electron chi connectivity index (χ4n) is 5.51. The maximum Gasteiger partial charge on any atom is 0.328 e. The van der Waals surface area contributed by atoms with Crippen LogP contribution < -0.4 is 14.9 Å². The van der Waals surface area contributed by atoms with Gasteiger partial charge in [0.2, 0.25) is 0 Å². The SMILES string of the molecule is O=C(NCCc1cccs1)NS(=O)(=O)c1ccccc1-c1ccc(CN2C(=O)c3ccccc3CCc3ccc(Cl)cc32)cc1. The highest BCUT2D eigenvalue weighted by Gasteiger charge is 2.26. The number of hydrogen-bond donors (Lipinski definition) is 2. The van der Waals surface area contributed by atoms with Crippen molar-refractivity contribution in [1.29, 1.82) is 0 Å². The standard InChI is InChI=1S/C35H30ClN3O4S2/c36-28-18-17-27-16-15-25-6-1-2-9-31(25)34(40)39(32(27)22-28)23-24-11-13-26(14-12-24)30-8-3-4-10-33(30)45(42,43)38-35(41)37-20-19-29-7-5-21-44-29/h1-14,17-18,21-22H,15-16,19-20,23H2,(H2,37,38,41). The average molecular weight is 656 g/mol. The summed E-state index contributed by atoms with van der Waals surface area (Å²) < 4.78 is 28.7. The molecule has 0 saturated carbocycles. The van der Waals surface area contributed by atoms with Gasteiger partial charge in [-0.1, -0.05) is 84.4 Å². The molecule has 2 N–H and O–H groups in total. The van der Waals surface area contributed by atoms with Crippen molar-refractivity contribution < 1.29 is 18.0 Å². The molecule has 0 unspecified atom stereocenters. The van der Waals surface area contributed by atoms with Crippen LogP contribution in [0.25, 0.3) is 11.1 Å². The van der Waals surface area contributed by atoms with E-state index in [0.717, 1.165) is 40.1 Å². The summed E-state index contributed by atoms with van der Waals surface area (Å²) in [5.41, 5.74) is 5.47. The molecule has 1 aliphatic rings. The Balaban J connectivity index is 1.23. The van der Waals surface area contributed by atoms with E-state index in [-0.39, 0.29) is 10.8 Å². The van der Waals surface area contributed by atoms with Crippen LogP contribution in [0, 0.1) is 0 Å². The summed E-state index contributed by atoms with van der Waals surface area (Å²) in [7, 11) is -4.16. The maximum absolute atomic E-state index is 13.9. The van der Waals surface area contributed by atoms with E-state index in [1.54, 1.807) is 34.4 Å². The third kappa shape index (κ3) is 6.96. The quantitative estimate of drug-likeness (QED) is 0.184. The summed E-state index contributed by atoms with van der Waals surface area (Å²) in [5.74, 6) is -0.103. The first-order valence-electron chi connectivity index (χ1n) is 14.5. The second kappa shape index (κ2) is 13.3. The molecule has 0 bridgehead atoms. The highest BCUT2D eigenvalue weighted by atomic mass is 35.5. The number of rotatable bonds is 8. The summed E-state index contributed by atoms with van der Waals surface area (Å²) in [6, 6.07) is 30.4. The highest BCUT2D eigenvalue weighted by Crippen LogP contribution is 2.33. The molecule has 0 radical (unpaired) electrons. The van der Waals surface area contributed by atoms with Gasteiger partial charge in [0, 0.05) is 33.3 Å². The van der Waals surface area contributed by atoms with E-state index >= 15 is 0 Å². The lowest BCUT2D eigenvalue weighted by Crippen LogP contribution is -2.40. The van der Waals surface area contributed by atoms with Gasteiger partial charge in [-0.25, -0.2) is 17.9 Å². The van der Waals surface area contributed by atoms with Crippen molar-refractivity contribution in [3.05, 3.63) is 141 Å². The van der Waals surface area contributed by atoms with Gasteiger partial charge < -0.3 is 10.2 Å². The summed E-state index contributed by atoms with van der Waals surface area (Å²) in [5, 5.41) is 5.12. The van der Waals surface area contributed by atoms with E-state index in [2.05, 4.69) is 10.0 Å². The summed E-state index contributed by atoms with van der Waals surface area (Å²) >= 11 is 7.96. The van der Waals surface area contributed by atoms with Gasteiger partial charge >= 0.3 is 6.03 Å². The Hall–Kier alpha value is -4.44. The zero-order valence-corrected chi connectivity index (χ0v) is 26.6. The number of sulfonamides is 1. The van der Waals surface area contributed by atoms with Crippen LogP contribution in [0.1, 0.15) is 31.9 Å². The lowest BCUT2D eigenvalue weighted by atomic mass is 9.94. The monoisotopic (exact) mass is 655 g/mol. The van der Waals surface area contributed by atoms with E-state index in [1.807, 2.05) is 84.2 Å². The zero-order chi connectivity index (χ0) is 31.4. The molecule has 5 aromatic rings. The van der Waals surface area contributed by atoms with E-state index in [1.165, 1.54) is 6.07 Å². The number of benzene rings is 4. The maximum atomic E-state index is 13.9. The fourth-order valence-corrected chi connectivity index (χ4v) is 7.54. The molecule has 6 rings (SSSR count). The summed E-state index contributed by atoms with van der Waals surface area (Å²) in [4.78, 5) is 29.2. The number of aryl methyl sites for hydroxylation is 2. The molecule has 4 aromatic carbocycles. The van der Waals surface area contributed by atoms with E-state index < -0.39 is 16.1 Å². The molecular weight excluding hydrogens is 626 g/mol. The molecule has 1 aromatic heterocycles. The van der Waals surface area contributed by atoms with Crippen molar-refractivity contribution in [2.75, 3.05) is 11.4 Å². The number of nitrogens with zero attached hydrogens (tertiary/aromatic N) is 1. The van der Waals surface area contributed by atoms with Crippen molar-refractivity contribution in [1.82, 2.24) is 10.0 Å². The van der Waals surface area contributed by atoms with Crippen LogP contribution >= 0.6 is 22.9 Å². The minimum Gasteiger partial charge on any atom is -0.337 e. The number of halogens is 1. The molecule has 45 heavy (non-hydrogen) atoms. The average Bonchev–Trinajstić information content (AvgIpc) is 3.56. The Morgan fingerprint density at radius 1 is 0.844 bits per heavy atom. The number of carbonyl (C=O) groups excluding carboxylic acids is 2. The number of carbonyl (C=O) groups is 2. The molecule has 0 aliphatic carbocycles. The van der Waals surface area contributed by atoms with Gasteiger partial charge in [-0.2, -0.15) is 0 Å². The molecule has 1 aliphatic heterocycles. The van der Waals surface area contributed by atoms with Crippen molar-refractivity contribution in [3.63, 3.8) is 0 Å². The molecular formula is C35H30ClN3O4S2. The summed E-state index contributed by atoms with van der Waals surface area (Å²) in [6.07, 6.45) is 2.15. The zero-order valence-electron chi connectivity index (χ0n) is 24.2. The first-order chi connectivity index (χ1) is 21.8. The Kier molecular flexibility index (Phi) is 9.02. The molecule has 0 spiro atoms. The van der Waals surface area contributed by atoms with Crippen molar-refractivity contribution in [2.24, 2.45) is 0 Å². The van der Waals surface area contributed by atoms with E-state index in [4.69, 9.17) is 11.6 Å². The predicted octanol–water partition coefficient (Wildman–Crippen LogP) is 7.24. The molecule has 0 saturated heterocycles. The Labute approximate surface area is 271 Å². The topological polar surface area (TPSA) is 95.6 Å². The number of hydrogen-bond acceptors (Lipinski definition) is 5. The van der Waals surface area contributed by atoms with Crippen LogP contribution in [0.4, 0.5) is 10.5 Å². The largest absolute Gasteiger partial charge is 0.337 e. The van der Waals surface area contributed by atoms with Crippen LogP contribution in [-0.2, 0) is 35.8 Å². The molecule has 3 amide bonds. The van der Waals surface area contributed by atoms with E-state index in [9.17, 15) is 18.0 Å². The molecule has 10 heteroatoms. The number of urea groups is 1. The van der Waals surface area contributed by atoms with Gasteiger partial charge in [-0.3, -0.25) is 4.79 Å². The van der Waals surface area contributed by atoms with Crippen molar-refractivity contribution >= 4 is 50.6 Å². The van der Waals surface area contributed by atoms with Gasteiger partial charge in [0.1, 0.15) is 0 Å². The summed E-state index contributed by atoms with van der Waals surface area (Å²) in [6.45, 7) is 0.612. The lowest BCUT2D eigenvalue weighted by Gasteiger charge is -2.29. The molecule has 228 valence electrons. The van der Waals surface area contributed by atoms with E-state index in [0.29, 0.717) is 41.2 Å². The number of anilines is 1. The van der Waals surface area contributed by atoms with Gasteiger partial charge in [-0.15, -0.1) is 11.3 Å². The van der Waals surface area contributed by atoms with Gasteiger partial charge in [-0.05, 0) is 77.2 Å². The minimum atomic E-state index is -4.16. The van der Waals surface area contributed by atoms with Crippen molar-refractivity contribution in [3.8, 4) is 11.1 Å². The van der Waals surface area contributed by atoms with Crippen LogP contribution in [0.15, 0.2) is 113 Å². The third-order valence-corrected chi connectivity index (χ3v) is 10.3. The first kappa shape index (κ1) is 30.6. The van der Waals surface area contributed by atoms with Gasteiger partial charge in [0.25, 0.3) is 15.9 Å². The predicted molar refractivity (Wildman–Crippen MR) is 179 cm³/mol. The molecule has 2 heterocycles. The first-order valence-corrected chi connectivity index (χ1v) is 17.2. The Morgan fingerprint density at radius 2 is 1.58 bits per heavy atom. The smallest absolute Gasteiger partial charge is 0.328 e. The Bertz CT molecular complexity index is 1960. The second-order valence-corrected chi connectivity index (χ2v) is 13.8. The van der Waals surface area contributed by atoms with Crippen LogP contribution in [0.5, 0.6) is 0 Å². The van der Waals surface area contributed by atoms with Crippen LogP contribution in [0.3, 0.4) is 0 Å². The number of thiophene rings is 1. The van der Waals surface area contributed by atoms with Crippen LogP contribution in [0.2, 0.25) is 5.02 Å². The lowest BCUT2D eigenvalue weighted by molar-refractivity contribution is 0.0983. The molecule has 0 atom stereocenters. The van der Waals surface area contributed by atoms with Gasteiger partial charge in [0.15, 0.2) is 0 Å². The number of nitrogens with one attached hydrogen (secondary N) is 2.